The van der Waals surface area contributed by atoms with Crippen molar-refractivity contribution in [2.24, 2.45) is 0 Å². The number of esters is 2. The van der Waals surface area contributed by atoms with E-state index in [4.69, 9.17) is 13.9 Å². The van der Waals surface area contributed by atoms with Gasteiger partial charge in [-0.05, 0) is 30.7 Å². The van der Waals surface area contributed by atoms with Crippen LogP contribution in [0.3, 0.4) is 0 Å². The second-order valence-corrected chi connectivity index (χ2v) is 5.75. The normalized spacial score (nSPS) is 10.4. The number of hydrogen-bond acceptors (Lipinski definition) is 5. The minimum absolute atomic E-state index is 0.0205. The Kier molecular flexibility index (Phi) is 7.76. The number of carbonyl (C=O) groups excluding carboxylic acids is 2. The molecule has 0 amide bonds. The molecule has 0 atom stereocenters. The quantitative estimate of drug-likeness (QED) is 0.459. The van der Waals surface area contributed by atoms with Crippen LogP contribution in [0.1, 0.15) is 65.5 Å². The molecular weight excluding hydrogens is 320 g/mol. The highest BCUT2D eigenvalue weighted by molar-refractivity contribution is 6.03. The molecule has 0 aliphatic heterocycles. The molecule has 0 saturated heterocycles. The maximum absolute atomic E-state index is 12.2. The zero-order valence-electron chi connectivity index (χ0n) is 14.5. The first-order valence-electron chi connectivity index (χ1n) is 8.68. The molecule has 134 valence electrons. The molecule has 25 heavy (non-hydrogen) atoms. The largest absolute Gasteiger partial charge is 0.466 e. The molecule has 0 radical (unpaired) electrons. The monoisotopic (exact) mass is 344 g/mol. The summed E-state index contributed by atoms with van der Waals surface area (Å²) in [5.41, 5.74) is 0.422. The summed E-state index contributed by atoms with van der Waals surface area (Å²) in [4.78, 5) is 24.5. The van der Waals surface area contributed by atoms with E-state index >= 15 is 0 Å². The van der Waals surface area contributed by atoms with Crippen LogP contribution in [0.5, 0.6) is 0 Å². The SMILES string of the molecule is CCCCCCCOC(=O)c1ccccc1C(=O)OCc1ccco1. The van der Waals surface area contributed by atoms with Gasteiger partial charge >= 0.3 is 11.9 Å². The van der Waals surface area contributed by atoms with Gasteiger partial charge in [-0.3, -0.25) is 0 Å². The van der Waals surface area contributed by atoms with E-state index in [0.29, 0.717) is 12.4 Å². The molecular formula is C20H24O5. The third kappa shape index (κ3) is 6.10. The Morgan fingerprint density at radius 2 is 1.56 bits per heavy atom. The van der Waals surface area contributed by atoms with E-state index in [1.165, 1.54) is 19.1 Å². The van der Waals surface area contributed by atoms with Gasteiger partial charge in [0.15, 0.2) is 0 Å². The number of ether oxygens (including phenoxy) is 2. The van der Waals surface area contributed by atoms with Gasteiger partial charge in [0.2, 0.25) is 0 Å². The second kappa shape index (κ2) is 10.3. The first kappa shape index (κ1) is 18.8. The molecule has 0 aliphatic rings. The van der Waals surface area contributed by atoms with E-state index in [9.17, 15) is 9.59 Å². The summed E-state index contributed by atoms with van der Waals surface area (Å²) >= 11 is 0. The van der Waals surface area contributed by atoms with Gasteiger partial charge in [0.25, 0.3) is 0 Å². The average Bonchev–Trinajstić information content (AvgIpc) is 3.16. The minimum Gasteiger partial charge on any atom is -0.466 e. The van der Waals surface area contributed by atoms with Crippen molar-refractivity contribution in [3.05, 3.63) is 59.5 Å². The highest BCUT2D eigenvalue weighted by Gasteiger charge is 2.19. The third-order valence-electron chi connectivity index (χ3n) is 3.77. The topological polar surface area (TPSA) is 65.7 Å². The Bertz CT molecular complexity index is 660. The van der Waals surface area contributed by atoms with E-state index in [2.05, 4.69) is 6.92 Å². The van der Waals surface area contributed by atoms with E-state index < -0.39 is 11.9 Å². The molecule has 0 unspecified atom stereocenters. The summed E-state index contributed by atoms with van der Waals surface area (Å²) in [6.45, 7) is 2.53. The lowest BCUT2D eigenvalue weighted by atomic mass is 10.1. The van der Waals surface area contributed by atoms with E-state index in [0.717, 1.165) is 19.3 Å². The molecule has 0 aliphatic carbocycles. The van der Waals surface area contributed by atoms with Gasteiger partial charge in [-0.25, -0.2) is 9.59 Å². The van der Waals surface area contributed by atoms with Gasteiger partial charge in [0, 0.05) is 0 Å². The highest BCUT2D eigenvalue weighted by atomic mass is 16.5. The summed E-state index contributed by atoms with van der Waals surface area (Å²) in [6.07, 6.45) is 6.88. The lowest BCUT2D eigenvalue weighted by Crippen LogP contribution is -2.14. The van der Waals surface area contributed by atoms with Gasteiger partial charge in [-0.15, -0.1) is 0 Å². The Morgan fingerprint density at radius 1 is 0.880 bits per heavy atom. The van der Waals surface area contributed by atoms with Crippen molar-refractivity contribution in [1.29, 1.82) is 0 Å². The maximum Gasteiger partial charge on any atom is 0.339 e. The molecule has 1 heterocycles. The van der Waals surface area contributed by atoms with Crippen LogP contribution >= 0.6 is 0 Å². The first-order valence-corrected chi connectivity index (χ1v) is 8.68. The first-order chi connectivity index (χ1) is 12.2. The van der Waals surface area contributed by atoms with Crippen LogP contribution in [0, 0.1) is 0 Å². The fraction of sp³-hybridized carbons (Fsp3) is 0.400. The van der Waals surface area contributed by atoms with Crippen molar-refractivity contribution < 1.29 is 23.5 Å². The molecule has 5 heteroatoms. The maximum atomic E-state index is 12.2. The van der Waals surface area contributed by atoms with Gasteiger partial charge in [0.1, 0.15) is 12.4 Å². The van der Waals surface area contributed by atoms with Gasteiger partial charge in [-0.1, -0.05) is 44.7 Å². The molecule has 2 rings (SSSR count). The number of hydrogen-bond donors (Lipinski definition) is 0. The van der Waals surface area contributed by atoms with Crippen LogP contribution in [0.4, 0.5) is 0 Å². The molecule has 0 saturated carbocycles. The molecule has 1 aromatic heterocycles. The molecule has 2 aromatic rings. The molecule has 0 bridgehead atoms. The zero-order valence-corrected chi connectivity index (χ0v) is 14.5. The number of benzene rings is 1. The van der Waals surface area contributed by atoms with Crippen molar-refractivity contribution in [2.45, 2.75) is 45.6 Å². The average molecular weight is 344 g/mol. The van der Waals surface area contributed by atoms with E-state index in [1.807, 2.05) is 0 Å². The lowest BCUT2D eigenvalue weighted by Gasteiger charge is -2.09. The number of furan rings is 1. The Morgan fingerprint density at radius 3 is 2.20 bits per heavy atom. The highest BCUT2D eigenvalue weighted by Crippen LogP contribution is 2.14. The smallest absolute Gasteiger partial charge is 0.339 e. The number of rotatable bonds is 10. The van der Waals surface area contributed by atoms with Crippen molar-refractivity contribution in [3.63, 3.8) is 0 Å². The zero-order chi connectivity index (χ0) is 17.9. The van der Waals surface area contributed by atoms with Crippen molar-refractivity contribution >= 4 is 11.9 Å². The molecule has 0 fully saturated rings. The molecule has 0 spiro atoms. The Labute approximate surface area is 147 Å². The van der Waals surface area contributed by atoms with Gasteiger partial charge < -0.3 is 13.9 Å². The Hall–Kier alpha value is -2.56. The molecule has 5 nitrogen and oxygen atoms in total. The van der Waals surface area contributed by atoms with Crippen LogP contribution in [0.25, 0.3) is 0 Å². The van der Waals surface area contributed by atoms with Crippen LogP contribution in [-0.2, 0) is 16.1 Å². The summed E-state index contributed by atoms with van der Waals surface area (Å²) in [7, 11) is 0. The Balaban J connectivity index is 1.87. The molecule has 1 aromatic carbocycles. The van der Waals surface area contributed by atoms with Gasteiger partial charge in [0.05, 0.1) is 24.0 Å². The number of carbonyl (C=O) groups is 2. The predicted octanol–water partition coefficient (Wildman–Crippen LogP) is 4.76. The van der Waals surface area contributed by atoms with Crippen molar-refractivity contribution in [1.82, 2.24) is 0 Å². The van der Waals surface area contributed by atoms with Crippen LogP contribution < -0.4 is 0 Å². The summed E-state index contributed by atoms with van der Waals surface area (Å²) < 4.78 is 15.6. The third-order valence-corrected chi connectivity index (χ3v) is 3.77. The summed E-state index contributed by atoms with van der Waals surface area (Å²) in [5.74, 6) is -0.534. The van der Waals surface area contributed by atoms with Gasteiger partial charge in [-0.2, -0.15) is 0 Å². The van der Waals surface area contributed by atoms with Crippen LogP contribution in [0.15, 0.2) is 47.1 Å². The van der Waals surface area contributed by atoms with E-state index in [-0.39, 0.29) is 17.7 Å². The fourth-order valence-corrected chi connectivity index (χ4v) is 2.40. The summed E-state index contributed by atoms with van der Waals surface area (Å²) in [6, 6.07) is 9.94. The number of unbranched alkanes of at least 4 members (excludes halogenated alkanes) is 4. The van der Waals surface area contributed by atoms with Crippen LogP contribution in [-0.4, -0.2) is 18.5 Å². The van der Waals surface area contributed by atoms with Crippen molar-refractivity contribution in [3.8, 4) is 0 Å². The van der Waals surface area contributed by atoms with Crippen molar-refractivity contribution in [2.75, 3.05) is 6.61 Å². The molecule has 0 N–H and O–H groups in total. The summed E-state index contributed by atoms with van der Waals surface area (Å²) in [5, 5.41) is 0. The minimum atomic E-state index is -0.577. The lowest BCUT2D eigenvalue weighted by molar-refractivity contribution is 0.0418. The predicted molar refractivity (Wildman–Crippen MR) is 93.3 cm³/mol. The second-order valence-electron chi connectivity index (χ2n) is 5.75. The van der Waals surface area contributed by atoms with Crippen LogP contribution in [0.2, 0.25) is 0 Å². The standard InChI is InChI=1S/C20H24O5/c1-2-3-4-5-8-13-24-19(21)17-11-6-7-12-18(17)20(22)25-15-16-10-9-14-23-16/h6-7,9-12,14H,2-5,8,13,15H2,1H3. The van der Waals surface area contributed by atoms with E-state index in [1.54, 1.807) is 36.4 Å². The fourth-order valence-electron chi connectivity index (χ4n) is 2.40.